The van der Waals surface area contributed by atoms with Crippen molar-refractivity contribution in [2.24, 2.45) is 0 Å². The Bertz CT molecular complexity index is 701. The molecule has 0 saturated carbocycles. The second-order valence-electron chi connectivity index (χ2n) is 13.7. The van der Waals surface area contributed by atoms with Gasteiger partial charge in [0.1, 0.15) is 0 Å². The molecule has 0 spiro atoms. The molecule has 0 saturated heterocycles. The predicted molar refractivity (Wildman–Crippen MR) is 202 cm³/mol. The molecule has 0 aliphatic rings. The van der Waals surface area contributed by atoms with Gasteiger partial charge in [0.2, 0.25) is 5.91 Å². The van der Waals surface area contributed by atoms with Gasteiger partial charge in [-0.2, -0.15) is 0 Å². The minimum absolute atomic E-state index is 0.0784. The average Bonchev–Trinajstić information content (AvgIpc) is 3.06. The fourth-order valence-corrected chi connectivity index (χ4v) is 5.97. The quantitative estimate of drug-likeness (QED) is 0.0469. The summed E-state index contributed by atoms with van der Waals surface area (Å²) in [7, 11) is 0. The molecule has 0 rings (SSSR count). The molecule has 270 valence electrons. The number of carbonyl (C=O) groups is 1. The summed E-state index contributed by atoms with van der Waals surface area (Å²) in [5.74, 6) is -0.0784. The van der Waals surface area contributed by atoms with Crippen molar-refractivity contribution in [2.45, 2.75) is 219 Å². The van der Waals surface area contributed by atoms with Crippen molar-refractivity contribution >= 4 is 5.91 Å². The summed E-state index contributed by atoms with van der Waals surface area (Å²) in [4.78, 5) is 12.3. The highest BCUT2D eigenvalue weighted by Gasteiger charge is 2.17. The van der Waals surface area contributed by atoms with Gasteiger partial charge in [0.25, 0.3) is 0 Å². The van der Waals surface area contributed by atoms with Crippen LogP contribution in [0.3, 0.4) is 0 Å². The molecule has 46 heavy (non-hydrogen) atoms. The molecule has 0 aromatic rings. The second-order valence-corrected chi connectivity index (χ2v) is 13.7. The summed E-state index contributed by atoms with van der Waals surface area (Å²) >= 11 is 0. The highest BCUT2D eigenvalue weighted by molar-refractivity contribution is 5.76. The second kappa shape index (κ2) is 38.1. The van der Waals surface area contributed by atoms with Crippen LogP contribution in [0.4, 0.5) is 0 Å². The molecular weight excluding hydrogens is 566 g/mol. The fourth-order valence-electron chi connectivity index (χ4n) is 5.97. The van der Waals surface area contributed by atoms with Gasteiger partial charge in [0.15, 0.2) is 0 Å². The number of carbonyl (C=O) groups excluding carboxylic acids is 1. The minimum Gasteiger partial charge on any atom is -0.394 e. The smallest absolute Gasteiger partial charge is 0.220 e. The molecule has 0 aliphatic heterocycles. The van der Waals surface area contributed by atoms with E-state index in [9.17, 15) is 15.0 Å². The lowest BCUT2D eigenvalue weighted by Crippen LogP contribution is -2.45. The van der Waals surface area contributed by atoms with Crippen LogP contribution in [0.2, 0.25) is 0 Å². The molecule has 0 bridgehead atoms. The molecule has 0 heterocycles. The van der Waals surface area contributed by atoms with Gasteiger partial charge >= 0.3 is 0 Å². The molecular formula is C42H79NO3. The maximum atomic E-state index is 12.3. The highest BCUT2D eigenvalue weighted by Crippen LogP contribution is 2.15. The lowest BCUT2D eigenvalue weighted by Gasteiger charge is -2.20. The molecule has 1 amide bonds. The van der Waals surface area contributed by atoms with Crippen molar-refractivity contribution in [3.8, 4) is 0 Å². The van der Waals surface area contributed by atoms with Crippen molar-refractivity contribution in [1.82, 2.24) is 5.32 Å². The van der Waals surface area contributed by atoms with E-state index < -0.39 is 12.1 Å². The number of aliphatic hydroxyl groups is 2. The van der Waals surface area contributed by atoms with Crippen LogP contribution in [0.1, 0.15) is 206 Å². The minimum atomic E-state index is -0.843. The lowest BCUT2D eigenvalue weighted by atomic mass is 10.0. The van der Waals surface area contributed by atoms with Crippen molar-refractivity contribution < 1.29 is 15.0 Å². The van der Waals surface area contributed by atoms with Gasteiger partial charge in [-0.25, -0.2) is 0 Å². The summed E-state index contributed by atoms with van der Waals surface area (Å²) < 4.78 is 0. The number of unbranched alkanes of at least 4 members (excludes halogenated alkanes) is 25. The van der Waals surface area contributed by atoms with Crippen LogP contribution in [0, 0.1) is 0 Å². The number of amides is 1. The van der Waals surface area contributed by atoms with Crippen molar-refractivity contribution in [2.75, 3.05) is 6.61 Å². The summed E-state index contributed by atoms with van der Waals surface area (Å²) in [5, 5.41) is 22.9. The van der Waals surface area contributed by atoms with Crippen LogP contribution < -0.4 is 5.32 Å². The third-order valence-electron chi connectivity index (χ3n) is 9.12. The number of allylic oxidation sites excluding steroid dienone is 5. The Hall–Kier alpha value is -1.39. The first-order valence-electron chi connectivity index (χ1n) is 20.2. The molecule has 0 fully saturated rings. The van der Waals surface area contributed by atoms with Gasteiger partial charge in [-0.3, -0.25) is 4.79 Å². The zero-order valence-electron chi connectivity index (χ0n) is 30.8. The molecule has 0 aromatic heterocycles. The molecule has 0 radical (unpaired) electrons. The third kappa shape index (κ3) is 34.0. The van der Waals surface area contributed by atoms with Gasteiger partial charge in [-0.15, -0.1) is 0 Å². The van der Waals surface area contributed by atoms with E-state index >= 15 is 0 Å². The lowest BCUT2D eigenvalue weighted by molar-refractivity contribution is -0.123. The summed E-state index contributed by atoms with van der Waals surface area (Å²) in [6.07, 6.45) is 49.5. The van der Waals surface area contributed by atoms with E-state index in [0.717, 1.165) is 44.9 Å². The van der Waals surface area contributed by atoms with Crippen molar-refractivity contribution in [3.63, 3.8) is 0 Å². The number of hydrogen-bond acceptors (Lipinski definition) is 3. The van der Waals surface area contributed by atoms with Crippen molar-refractivity contribution in [3.05, 3.63) is 36.5 Å². The number of aliphatic hydroxyl groups excluding tert-OH is 2. The Labute approximate surface area is 287 Å². The van der Waals surface area contributed by atoms with Gasteiger partial charge in [-0.05, 0) is 51.4 Å². The Morgan fingerprint density at radius 1 is 0.522 bits per heavy atom. The fraction of sp³-hybridized carbons (Fsp3) is 0.833. The largest absolute Gasteiger partial charge is 0.394 e. The Kier molecular flexibility index (Phi) is 36.9. The van der Waals surface area contributed by atoms with E-state index in [1.807, 2.05) is 6.08 Å². The van der Waals surface area contributed by atoms with Crippen LogP contribution in [-0.4, -0.2) is 34.9 Å². The molecule has 0 aromatic carbocycles. The standard InChI is InChI=1S/C42H79NO3/c1-3-5-7-9-11-13-15-17-19-20-21-22-24-25-27-29-31-33-35-37-41(45)40(39-44)43-42(46)38-36-34-32-30-28-26-23-18-16-14-12-10-8-6-4-2/h12,14,18,23,35,37,40-41,44-45H,3-11,13,15-17,19-22,24-34,36,38-39H2,1-2H3,(H,43,46)/b14-12-,23-18-,37-35+. The first kappa shape index (κ1) is 44.6. The Morgan fingerprint density at radius 3 is 1.35 bits per heavy atom. The zero-order valence-corrected chi connectivity index (χ0v) is 30.8. The van der Waals surface area contributed by atoms with Crippen molar-refractivity contribution in [1.29, 1.82) is 0 Å². The average molecular weight is 646 g/mol. The van der Waals surface area contributed by atoms with E-state index in [1.54, 1.807) is 6.08 Å². The van der Waals surface area contributed by atoms with E-state index in [2.05, 4.69) is 43.5 Å². The molecule has 4 nitrogen and oxygen atoms in total. The van der Waals surface area contributed by atoms with Gasteiger partial charge in [0.05, 0.1) is 18.8 Å². The van der Waals surface area contributed by atoms with Gasteiger partial charge in [0, 0.05) is 6.42 Å². The van der Waals surface area contributed by atoms with E-state index in [4.69, 9.17) is 0 Å². The summed E-state index contributed by atoms with van der Waals surface area (Å²) in [6.45, 7) is 4.27. The van der Waals surface area contributed by atoms with E-state index in [1.165, 1.54) is 141 Å². The molecule has 2 atom stereocenters. The molecule has 0 aliphatic carbocycles. The predicted octanol–water partition coefficient (Wildman–Crippen LogP) is 12.2. The number of rotatable bonds is 36. The van der Waals surface area contributed by atoms with Crippen LogP contribution in [0.25, 0.3) is 0 Å². The number of nitrogens with one attached hydrogen (secondary N) is 1. The topological polar surface area (TPSA) is 69.6 Å². The maximum Gasteiger partial charge on any atom is 0.220 e. The SMILES string of the molecule is CCCCC/C=C\C/C=C\CCCCCCCC(=O)NC(CO)C(O)/C=C/CCCCCCCCCCCCCCCCCCC. The normalized spacial score (nSPS) is 13.4. The van der Waals surface area contributed by atoms with E-state index in [-0.39, 0.29) is 12.5 Å². The summed E-state index contributed by atoms with van der Waals surface area (Å²) in [5.41, 5.74) is 0. The van der Waals surface area contributed by atoms with E-state index in [0.29, 0.717) is 6.42 Å². The molecule has 3 N–H and O–H groups in total. The van der Waals surface area contributed by atoms with Gasteiger partial charge in [-0.1, -0.05) is 185 Å². The van der Waals surface area contributed by atoms with Crippen LogP contribution >= 0.6 is 0 Å². The third-order valence-corrected chi connectivity index (χ3v) is 9.12. The first-order valence-corrected chi connectivity index (χ1v) is 20.2. The molecule has 2 unspecified atom stereocenters. The van der Waals surface area contributed by atoms with Gasteiger partial charge < -0.3 is 15.5 Å². The first-order chi connectivity index (χ1) is 22.7. The zero-order chi connectivity index (χ0) is 33.6. The Balaban J connectivity index is 3.61. The van der Waals surface area contributed by atoms with Crippen LogP contribution in [0.5, 0.6) is 0 Å². The van der Waals surface area contributed by atoms with Crippen LogP contribution in [0.15, 0.2) is 36.5 Å². The monoisotopic (exact) mass is 646 g/mol. The summed E-state index contributed by atoms with van der Waals surface area (Å²) in [6, 6.07) is -0.628. The Morgan fingerprint density at radius 2 is 0.891 bits per heavy atom. The number of hydrogen-bond donors (Lipinski definition) is 3. The highest BCUT2D eigenvalue weighted by atomic mass is 16.3. The molecule has 4 heteroatoms. The van der Waals surface area contributed by atoms with Crippen LogP contribution in [-0.2, 0) is 4.79 Å². The maximum absolute atomic E-state index is 12.3.